The van der Waals surface area contributed by atoms with Crippen LogP contribution >= 0.6 is 11.6 Å². The van der Waals surface area contributed by atoms with Crippen molar-refractivity contribution in [3.8, 4) is 5.69 Å². The lowest BCUT2D eigenvalue weighted by Gasteiger charge is -2.22. The van der Waals surface area contributed by atoms with E-state index in [0.717, 1.165) is 5.69 Å². The molecule has 1 aromatic heterocycles. The van der Waals surface area contributed by atoms with Gasteiger partial charge >= 0.3 is 0 Å². The number of anilines is 1. The maximum absolute atomic E-state index is 12.7. The monoisotopic (exact) mass is 404 g/mol. The minimum absolute atomic E-state index is 0.00787. The van der Waals surface area contributed by atoms with Crippen LogP contribution < -0.4 is 5.32 Å². The Morgan fingerprint density at radius 3 is 2.43 bits per heavy atom. The van der Waals surface area contributed by atoms with E-state index in [2.05, 4.69) is 31.2 Å². The molecular formula is C21H29ClN4O2. The number of hydrogen-bond acceptors (Lipinski definition) is 3. The molecule has 28 heavy (non-hydrogen) atoms. The van der Waals surface area contributed by atoms with Gasteiger partial charge in [0.05, 0.1) is 22.9 Å². The van der Waals surface area contributed by atoms with E-state index in [0.29, 0.717) is 23.1 Å². The molecule has 0 bridgehead atoms. The zero-order valence-electron chi connectivity index (χ0n) is 17.4. The number of benzene rings is 1. The van der Waals surface area contributed by atoms with Gasteiger partial charge in [-0.25, -0.2) is 4.68 Å². The lowest BCUT2D eigenvalue weighted by molar-refractivity contribution is -0.137. The van der Waals surface area contributed by atoms with Gasteiger partial charge in [0.25, 0.3) is 0 Å². The van der Waals surface area contributed by atoms with Crippen molar-refractivity contribution in [2.45, 2.75) is 47.0 Å². The Bertz CT molecular complexity index is 852. The van der Waals surface area contributed by atoms with Crippen molar-refractivity contribution in [1.29, 1.82) is 0 Å². The predicted molar refractivity (Wildman–Crippen MR) is 113 cm³/mol. The lowest BCUT2D eigenvalue weighted by Crippen LogP contribution is -2.40. The summed E-state index contributed by atoms with van der Waals surface area (Å²) in [5.41, 5.74) is 1.31. The fraction of sp³-hybridized carbons (Fsp3) is 0.476. The Labute approximate surface area is 171 Å². The van der Waals surface area contributed by atoms with Crippen molar-refractivity contribution in [2.75, 3.05) is 18.4 Å². The highest BCUT2D eigenvalue weighted by molar-refractivity contribution is 6.32. The van der Waals surface area contributed by atoms with Gasteiger partial charge in [-0.1, -0.05) is 58.4 Å². The van der Waals surface area contributed by atoms with Crippen molar-refractivity contribution in [3.63, 3.8) is 0 Å². The van der Waals surface area contributed by atoms with E-state index in [1.54, 1.807) is 15.6 Å². The first-order valence-electron chi connectivity index (χ1n) is 9.48. The van der Waals surface area contributed by atoms with Gasteiger partial charge in [0.1, 0.15) is 5.82 Å². The maximum atomic E-state index is 12.7. The molecule has 0 saturated heterocycles. The smallest absolute Gasteiger partial charge is 0.245 e. The Kier molecular flexibility index (Phi) is 6.88. The molecule has 0 aliphatic carbocycles. The first-order chi connectivity index (χ1) is 13.0. The van der Waals surface area contributed by atoms with Crippen LogP contribution in [0.5, 0.6) is 0 Å². The summed E-state index contributed by atoms with van der Waals surface area (Å²) in [5, 5.41) is 8.10. The van der Waals surface area contributed by atoms with Gasteiger partial charge in [0, 0.05) is 23.9 Å². The molecule has 2 amide bonds. The first-order valence-corrected chi connectivity index (χ1v) is 9.86. The Morgan fingerprint density at radius 2 is 1.89 bits per heavy atom. The number of hydrogen-bond donors (Lipinski definition) is 1. The molecule has 1 aromatic carbocycles. The lowest BCUT2D eigenvalue weighted by atomic mass is 9.92. The van der Waals surface area contributed by atoms with Crippen LogP contribution in [-0.4, -0.2) is 39.6 Å². The molecule has 1 N–H and O–H groups in total. The predicted octanol–water partition coefficient (Wildman–Crippen LogP) is 4.27. The molecule has 1 heterocycles. The largest absolute Gasteiger partial charge is 0.333 e. The van der Waals surface area contributed by atoms with Gasteiger partial charge in [0.15, 0.2) is 0 Å². The molecule has 0 saturated carbocycles. The minimum Gasteiger partial charge on any atom is -0.333 e. The topological polar surface area (TPSA) is 67.2 Å². The minimum atomic E-state index is -0.274. The van der Waals surface area contributed by atoms with E-state index in [4.69, 9.17) is 11.6 Å². The van der Waals surface area contributed by atoms with Gasteiger partial charge in [-0.3, -0.25) is 9.59 Å². The van der Waals surface area contributed by atoms with Crippen LogP contribution in [0.1, 0.15) is 47.2 Å². The number of nitrogens with zero attached hydrogens (tertiary/aromatic N) is 3. The Hall–Kier alpha value is -2.34. The maximum Gasteiger partial charge on any atom is 0.245 e. The van der Waals surface area contributed by atoms with Crippen molar-refractivity contribution < 1.29 is 9.59 Å². The molecule has 0 unspecified atom stereocenters. The van der Waals surface area contributed by atoms with Crippen LogP contribution in [0, 0.1) is 5.92 Å². The summed E-state index contributed by atoms with van der Waals surface area (Å²) in [7, 11) is 0. The molecule has 2 aromatic rings. The SMILES string of the molecule is CCN(CC(=O)Nc1cc(C(C)(C)C)nn1-c1ccccc1Cl)C(=O)C(C)C. The summed E-state index contributed by atoms with van der Waals surface area (Å²) >= 11 is 6.35. The van der Waals surface area contributed by atoms with Crippen molar-refractivity contribution in [3.05, 3.63) is 41.0 Å². The number of nitrogens with one attached hydrogen (secondary N) is 1. The third kappa shape index (κ3) is 5.13. The van der Waals surface area contributed by atoms with Crippen LogP contribution in [0.15, 0.2) is 30.3 Å². The second kappa shape index (κ2) is 8.78. The van der Waals surface area contributed by atoms with Crippen molar-refractivity contribution in [1.82, 2.24) is 14.7 Å². The summed E-state index contributed by atoms with van der Waals surface area (Å²) in [6, 6.07) is 9.18. The average molecular weight is 405 g/mol. The molecule has 7 heteroatoms. The standard InChI is InChI=1S/C21H29ClN4O2/c1-7-25(20(28)14(2)3)13-19(27)23-18-12-17(21(4,5)6)24-26(18)16-11-9-8-10-15(16)22/h8-12,14H,7,13H2,1-6H3,(H,23,27). The number of carbonyl (C=O) groups excluding carboxylic acids is 2. The van der Waals surface area contributed by atoms with Crippen LogP contribution in [0.3, 0.4) is 0 Å². The summed E-state index contributed by atoms with van der Waals surface area (Å²) in [5.74, 6) is 0.0436. The zero-order chi connectivity index (χ0) is 21.1. The Morgan fingerprint density at radius 1 is 1.25 bits per heavy atom. The van der Waals surface area contributed by atoms with E-state index < -0.39 is 0 Å². The van der Waals surface area contributed by atoms with Gasteiger partial charge in [-0.2, -0.15) is 5.10 Å². The summed E-state index contributed by atoms with van der Waals surface area (Å²) in [6.07, 6.45) is 0. The third-order valence-electron chi connectivity index (χ3n) is 4.35. The van der Waals surface area contributed by atoms with Gasteiger partial charge < -0.3 is 10.2 Å². The number of amides is 2. The normalized spacial score (nSPS) is 11.6. The summed E-state index contributed by atoms with van der Waals surface area (Å²) < 4.78 is 1.64. The molecule has 0 aliphatic rings. The number of rotatable bonds is 6. The van der Waals surface area contributed by atoms with Gasteiger partial charge in [-0.05, 0) is 19.1 Å². The quantitative estimate of drug-likeness (QED) is 0.781. The summed E-state index contributed by atoms with van der Waals surface area (Å²) in [4.78, 5) is 26.4. The fourth-order valence-electron chi connectivity index (χ4n) is 2.71. The second-order valence-corrected chi connectivity index (χ2v) is 8.49. The number of aromatic nitrogens is 2. The van der Waals surface area contributed by atoms with Crippen molar-refractivity contribution >= 4 is 29.2 Å². The molecule has 0 spiro atoms. The van der Waals surface area contributed by atoms with Crippen molar-refractivity contribution in [2.24, 2.45) is 5.92 Å². The van der Waals surface area contributed by atoms with E-state index in [9.17, 15) is 9.59 Å². The van der Waals surface area contributed by atoms with E-state index in [1.165, 1.54) is 0 Å². The van der Waals surface area contributed by atoms with E-state index in [-0.39, 0.29) is 29.7 Å². The number of carbonyl (C=O) groups is 2. The molecular weight excluding hydrogens is 376 g/mol. The number of likely N-dealkylation sites (N-methyl/N-ethyl adjacent to an activating group) is 1. The number of halogens is 1. The molecule has 0 aliphatic heterocycles. The second-order valence-electron chi connectivity index (χ2n) is 8.08. The van der Waals surface area contributed by atoms with E-state index >= 15 is 0 Å². The molecule has 0 fully saturated rings. The fourth-order valence-corrected chi connectivity index (χ4v) is 2.93. The zero-order valence-corrected chi connectivity index (χ0v) is 18.2. The summed E-state index contributed by atoms with van der Waals surface area (Å²) in [6.45, 7) is 12.1. The third-order valence-corrected chi connectivity index (χ3v) is 4.67. The number of para-hydroxylation sites is 1. The van der Waals surface area contributed by atoms with E-state index in [1.807, 2.05) is 45.0 Å². The molecule has 0 atom stereocenters. The average Bonchev–Trinajstić information content (AvgIpc) is 3.03. The van der Waals surface area contributed by atoms with Crippen LogP contribution in [-0.2, 0) is 15.0 Å². The van der Waals surface area contributed by atoms with Gasteiger partial charge in [0.2, 0.25) is 11.8 Å². The highest BCUT2D eigenvalue weighted by Gasteiger charge is 2.23. The molecule has 6 nitrogen and oxygen atoms in total. The molecule has 2 rings (SSSR count). The highest BCUT2D eigenvalue weighted by Crippen LogP contribution is 2.29. The van der Waals surface area contributed by atoms with Crippen LogP contribution in [0.25, 0.3) is 5.69 Å². The molecule has 0 radical (unpaired) electrons. The Balaban J connectivity index is 2.34. The molecule has 152 valence electrons. The van der Waals surface area contributed by atoms with Gasteiger partial charge in [-0.15, -0.1) is 0 Å². The highest BCUT2D eigenvalue weighted by atomic mass is 35.5. The van der Waals surface area contributed by atoms with Crippen LogP contribution in [0.4, 0.5) is 5.82 Å². The first kappa shape index (κ1) is 22.0. The van der Waals surface area contributed by atoms with Crippen LogP contribution in [0.2, 0.25) is 5.02 Å².